The number of hydrogen-bond donors (Lipinski definition) is 0. The van der Waals surface area contributed by atoms with Crippen molar-refractivity contribution in [1.82, 2.24) is 4.98 Å². The lowest BCUT2D eigenvalue weighted by Gasteiger charge is -2.34. The van der Waals surface area contributed by atoms with E-state index >= 15 is 0 Å². The number of ether oxygens (including phenoxy) is 3. The molecule has 0 radical (unpaired) electrons. The Kier molecular flexibility index (Phi) is 5.16. The number of rotatable bonds is 6. The third-order valence-corrected chi connectivity index (χ3v) is 4.65. The van der Waals surface area contributed by atoms with Crippen LogP contribution in [-0.4, -0.2) is 37.9 Å². The quantitative estimate of drug-likeness (QED) is 0.650. The van der Waals surface area contributed by atoms with Crippen molar-refractivity contribution < 1.29 is 18.6 Å². The van der Waals surface area contributed by atoms with E-state index in [1.54, 1.807) is 6.26 Å². The van der Waals surface area contributed by atoms with Crippen molar-refractivity contribution in [3.05, 3.63) is 48.6 Å². The number of morpholine rings is 1. The fraction of sp³-hybridized carbons (Fsp3) is 0.381. The van der Waals surface area contributed by atoms with Gasteiger partial charge in [0.15, 0.2) is 11.5 Å². The number of pyridine rings is 1. The number of aromatic nitrogens is 1. The van der Waals surface area contributed by atoms with E-state index in [2.05, 4.69) is 9.88 Å². The van der Waals surface area contributed by atoms with Crippen LogP contribution in [-0.2, 0) is 4.74 Å². The van der Waals surface area contributed by atoms with Crippen LogP contribution in [0.3, 0.4) is 0 Å². The van der Waals surface area contributed by atoms with E-state index in [1.807, 2.05) is 50.4 Å². The molecule has 27 heavy (non-hydrogen) atoms. The molecule has 0 saturated carbocycles. The van der Waals surface area contributed by atoms with Crippen LogP contribution < -0.4 is 14.4 Å². The summed E-state index contributed by atoms with van der Waals surface area (Å²) in [5, 5.41) is 1.05. The molecule has 1 aliphatic rings. The van der Waals surface area contributed by atoms with Crippen molar-refractivity contribution in [2.24, 2.45) is 0 Å². The summed E-state index contributed by atoms with van der Waals surface area (Å²) >= 11 is 0. The molecule has 4 rings (SSSR count). The molecule has 0 amide bonds. The summed E-state index contributed by atoms with van der Waals surface area (Å²) in [5.41, 5.74) is 2.00. The van der Waals surface area contributed by atoms with Gasteiger partial charge in [0.1, 0.15) is 11.9 Å². The molecular formula is C21H24N2O4. The maximum atomic E-state index is 5.90. The van der Waals surface area contributed by atoms with Gasteiger partial charge in [-0.1, -0.05) is 0 Å². The van der Waals surface area contributed by atoms with Crippen molar-refractivity contribution >= 4 is 16.6 Å². The SMILES string of the molecule is CCOc1cc2nccc(N3CCOC(c4ccco4)C3)c2cc1OCC. The maximum absolute atomic E-state index is 5.90. The van der Waals surface area contributed by atoms with Gasteiger partial charge in [-0.15, -0.1) is 0 Å². The van der Waals surface area contributed by atoms with Crippen LogP contribution in [0, 0.1) is 0 Å². The van der Waals surface area contributed by atoms with Crippen molar-refractivity contribution in [2.45, 2.75) is 20.0 Å². The molecule has 1 fully saturated rings. The van der Waals surface area contributed by atoms with Gasteiger partial charge in [0, 0.05) is 29.9 Å². The summed E-state index contributed by atoms with van der Waals surface area (Å²) in [6.07, 6.45) is 3.44. The number of anilines is 1. The molecule has 1 aliphatic heterocycles. The summed E-state index contributed by atoms with van der Waals surface area (Å²) in [7, 11) is 0. The predicted octanol–water partition coefficient (Wildman–Crippen LogP) is 4.20. The molecule has 3 aromatic rings. The minimum Gasteiger partial charge on any atom is -0.490 e. The molecule has 0 spiro atoms. The summed E-state index contributed by atoms with van der Waals surface area (Å²) < 4.78 is 23.0. The third kappa shape index (κ3) is 3.57. The third-order valence-electron chi connectivity index (χ3n) is 4.65. The van der Waals surface area contributed by atoms with Crippen LogP contribution in [0.25, 0.3) is 10.9 Å². The second kappa shape index (κ2) is 7.88. The summed E-state index contributed by atoms with van der Waals surface area (Å²) in [4.78, 5) is 6.85. The fourth-order valence-corrected chi connectivity index (χ4v) is 3.47. The average molecular weight is 368 g/mol. The standard InChI is InChI=1S/C21H24N2O4/c1-3-24-19-12-15-16(13-20(19)25-4-2)22-8-7-17(15)23-9-11-27-21(14-23)18-6-5-10-26-18/h5-8,10,12-13,21H,3-4,9,11,14H2,1-2H3. The lowest BCUT2D eigenvalue weighted by Crippen LogP contribution is -2.38. The molecular weight excluding hydrogens is 344 g/mol. The smallest absolute Gasteiger partial charge is 0.163 e. The van der Waals surface area contributed by atoms with Gasteiger partial charge >= 0.3 is 0 Å². The van der Waals surface area contributed by atoms with E-state index in [0.717, 1.165) is 46.9 Å². The first kappa shape index (κ1) is 17.7. The molecule has 1 saturated heterocycles. The zero-order valence-corrected chi connectivity index (χ0v) is 15.7. The zero-order chi connectivity index (χ0) is 18.6. The van der Waals surface area contributed by atoms with Crippen LogP contribution in [0.5, 0.6) is 11.5 Å². The molecule has 1 aromatic carbocycles. The van der Waals surface area contributed by atoms with E-state index in [4.69, 9.17) is 18.6 Å². The second-order valence-corrected chi connectivity index (χ2v) is 6.33. The average Bonchev–Trinajstić information content (AvgIpc) is 3.23. The Morgan fingerprint density at radius 3 is 2.70 bits per heavy atom. The minimum absolute atomic E-state index is 0.0778. The first-order valence-corrected chi connectivity index (χ1v) is 9.38. The second-order valence-electron chi connectivity index (χ2n) is 6.33. The van der Waals surface area contributed by atoms with E-state index < -0.39 is 0 Å². The fourth-order valence-electron chi connectivity index (χ4n) is 3.47. The van der Waals surface area contributed by atoms with Crippen LogP contribution in [0.4, 0.5) is 5.69 Å². The topological polar surface area (TPSA) is 57.0 Å². The van der Waals surface area contributed by atoms with Gasteiger partial charge in [-0.2, -0.15) is 0 Å². The van der Waals surface area contributed by atoms with Crippen LogP contribution in [0.2, 0.25) is 0 Å². The van der Waals surface area contributed by atoms with Gasteiger partial charge in [-0.05, 0) is 38.1 Å². The Labute approximate surface area is 158 Å². The number of furan rings is 1. The Morgan fingerprint density at radius 2 is 1.96 bits per heavy atom. The van der Waals surface area contributed by atoms with Gasteiger partial charge in [-0.25, -0.2) is 0 Å². The van der Waals surface area contributed by atoms with Gasteiger partial charge < -0.3 is 23.5 Å². The van der Waals surface area contributed by atoms with Gasteiger partial charge in [0.25, 0.3) is 0 Å². The van der Waals surface area contributed by atoms with Gasteiger partial charge in [0.05, 0.1) is 38.1 Å². The Bertz CT molecular complexity index is 895. The summed E-state index contributed by atoms with van der Waals surface area (Å²) in [6, 6.07) is 9.88. The molecule has 1 unspecified atom stereocenters. The Balaban J connectivity index is 1.71. The molecule has 0 bridgehead atoms. The van der Waals surface area contributed by atoms with Gasteiger partial charge in [0.2, 0.25) is 0 Å². The first-order valence-electron chi connectivity index (χ1n) is 9.38. The van der Waals surface area contributed by atoms with Gasteiger partial charge in [-0.3, -0.25) is 4.98 Å². The van der Waals surface area contributed by atoms with E-state index in [-0.39, 0.29) is 6.10 Å². The van der Waals surface area contributed by atoms with Crippen molar-refractivity contribution in [2.75, 3.05) is 37.8 Å². The Hall–Kier alpha value is -2.73. The molecule has 6 heteroatoms. The van der Waals surface area contributed by atoms with Crippen molar-refractivity contribution in [3.8, 4) is 11.5 Å². The molecule has 0 N–H and O–H groups in total. The van der Waals surface area contributed by atoms with Crippen LogP contribution in [0.1, 0.15) is 25.7 Å². The van der Waals surface area contributed by atoms with Crippen molar-refractivity contribution in [3.63, 3.8) is 0 Å². The highest BCUT2D eigenvalue weighted by Crippen LogP contribution is 2.37. The monoisotopic (exact) mass is 368 g/mol. The summed E-state index contributed by atoms with van der Waals surface area (Å²) in [5.74, 6) is 2.33. The zero-order valence-electron chi connectivity index (χ0n) is 15.7. The highest BCUT2D eigenvalue weighted by Gasteiger charge is 2.25. The van der Waals surface area contributed by atoms with E-state index in [1.165, 1.54) is 0 Å². The first-order chi connectivity index (χ1) is 13.3. The molecule has 2 aromatic heterocycles. The Morgan fingerprint density at radius 1 is 1.15 bits per heavy atom. The number of benzene rings is 1. The number of fused-ring (bicyclic) bond motifs is 1. The number of hydrogen-bond acceptors (Lipinski definition) is 6. The molecule has 0 aliphatic carbocycles. The van der Waals surface area contributed by atoms with Crippen molar-refractivity contribution in [1.29, 1.82) is 0 Å². The summed E-state index contributed by atoms with van der Waals surface area (Å²) in [6.45, 7) is 7.28. The minimum atomic E-state index is -0.0778. The lowest BCUT2D eigenvalue weighted by atomic mass is 10.1. The van der Waals surface area contributed by atoms with E-state index in [9.17, 15) is 0 Å². The molecule has 142 valence electrons. The molecule has 6 nitrogen and oxygen atoms in total. The lowest BCUT2D eigenvalue weighted by molar-refractivity contribution is 0.0258. The molecule has 1 atom stereocenters. The maximum Gasteiger partial charge on any atom is 0.163 e. The molecule has 3 heterocycles. The predicted molar refractivity (Wildman–Crippen MR) is 104 cm³/mol. The normalized spacial score (nSPS) is 17.3. The largest absolute Gasteiger partial charge is 0.490 e. The van der Waals surface area contributed by atoms with Crippen LogP contribution >= 0.6 is 0 Å². The van der Waals surface area contributed by atoms with E-state index in [0.29, 0.717) is 19.8 Å². The van der Waals surface area contributed by atoms with Crippen LogP contribution in [0.15, 0.2) is 47.2 Å². The number of nitrogens with zero attached hydrogens (tertiary/aromatic N) is 2. The highest BCUT2D eigenvalue weighted by molar-refractivity contribution is 5.94. The highest BCUT2D eigenvalue weighted by atomic mass is 16.5.